The summed E-state index contributed by atoms with van der Waals surface area (Å²) in [6.45, 7) is 12.9. The van der Waals surface area contributed by atoms with Crippen molar-refractivity contribution in [2.75, 3.05) is 26.9 Å². The Bertz CT molecular complexity index is 1810. The summed E-state index contributed by atoms with van der Waals surface area (Å²) in [5, 5.41) is 5.27. The number of amides is 2. The van der Waals surface area contributed by atoms with Crippen molar-refractivity contribution in [1.29, 1.82) is 0 Å². The summed E-state index contributed by atoms with van der Waals surface area (Å²) in [4.78, 5) is 45.3. The minimum Gasteiger partial charge on any atom is -0.464 e. The fraction of sp³-hybridized carbons (Fsp3) is 0.579. The number of alkyl carbamates (subject to hydrolysis) is 1. The highest BCUT2D eigenvalue weighted by Crippen LogP contribution is 2.57. The van der Waals surface area contributed by atoms with Gasteiger partial charge in [-0.05, 0) is 82.3 Å². The van der Waals surface area contributed by atoms with Gasteiger partial charge in [0, 0.05) is 60.1 Å². The van der Waals surface area contributed by atoms with Gasteiger partial charge < -0.3 is 28.8 Å². The topological polar surface area (TPSA) is 133 Å². The molecule has 12 heteroatoms. The number of aryl methyl sites for hydroxylation is 1. The van der Waals surface area contributed by atoms with Crippen molar-refractivity contribution < 1.29 is 33.3 Å². The minimum atomic E-state index is -1.01. The third-order valence-electron chi connectivity index (χ3n) is 10.5. The van der Waals surface area contributed by atoms with Crippen molar-refractivity contribution in [3.05, 3.63) is 53.3 Å². The molecule has 2 N–H and O–H groups in total. The molecule has 3 aromatic rings. The van der Waals surface area contributed by atoms with E-state index in [4.69, 9.17) is 23.9 Å². The Hall–Kier alpha value is -4.00. The first kappa shape index (κ1) is 34.4. The zero-order chi connectivity index (χ0) is 35.5. The highest BCUT2D eigenvalue weighted by molar-refractivity contribution is 5.95. The maximum Gasteiger partial charge on any atom is 0.408 e. The van der Waals surface area contributed by atoms with Crippen molar-refractivity contribution in [3.63, 3.8) is 0 Å². The highest BCUT2D eigenvalue weighted by Gasteiger charge is 2.48. The number of ether oxygens (including phenoxy) is 4. The molecule has 0 radical (unpaired) electrons. The normalized spacial score (nSPS) is 27.9. The zero-order valence-electron chi connectivity index (χ0n) is 30.1. The van der Waals surface area contributed by atoms with E-state index in [9.17, 15) is 14.4 Å². The molecule has 4 aliphatic rings. The first-order chi connectivity index (χ1) is 23.8. The van der Waals surface area contributed by atoms with E-state index in [1.807, 2.05) is 12.3 Å². The molecule has 2 aromatic heterocycles. The van der Waals surface area contributed by atoms with Crippen LogP contribution in [0.5, 0.6) is 0 Å². The van der Waals surface area contributed by atoms with Crippen LogP contribution in [-0.4, -0.2) is 83.2 Å². The van der Waals surface area contributed by atoms with E-state index < -0.39 is 41.1 Å². The van der Waals surface area contributed by atoms with Crippen LogP contribution in [0, 0.1) is 5.41 Å². The Kier molecular flexibility index (Phi) is 8.93. The summed E-state index contributed by atoms with van der Waals surface area (Å²) in [6.07, 6.45) is 2.50. The quantitative estimate of drug-likeness (QED) is 0.350. The fourth-order valence-corrected chi connectivity index (χ4v) is 8.07. The number of nitrogens with zero attached hydrogens (tertiary/aromatic N) is 3. The summed E-state index contributed by atoms with van der Waals surface area (Å²) in [7, 11) is 1.72. The number of benzene rings is 1. The molecular formula is C38H49N5O7. The van der Waals surface area contributed by atoms with E-state index in [1.165, 1.54) is 10.6 Å². The Balaban J connectivity index is 1.31. The van der Waals surface area contributed by atoms with Gasteiger partial charge in [0.25, 0.3) is 5.91 Å². The fourth-order valence-electron chi connectivity index (χ4n) is 8.07. The maximum absolute atomic E-state index is 13.9. The van der Waals surface area contributed by atoms with Gasteiger partial charge in [-0.3, -0.25) is 19.6 Å². The van der Waals surface area contributed by atoms with Crippen molar-refractivity contribution >= 4 is 28.9 Å². The lowest BCUT2D eigenvalue weighted by molar-refractivity contribution is -0.156. The first-order valence-corrected chi connectivity index (χ1v) is 17.8. The van der Waals surface area contributed by atoms with Crippen LogP contribution in [-0.2, 0) is 35.1 Å². The molecule has 4 heterocycles. The number of methoxy groups -OCH3 is 1. The number of carbonyl (C=O) groups excluding carboxylic acids is 3. The minimum absolute atomic E-state index is 0.0358. The molecule has 2 aliphatic heterocycles. The van der Waals surface area contributed by atoms with Crippen molar-refractivity contribution in [3.8, 4) is 11.3 Å². The molecule has 2 aliphatic carbocycles. The van der Waals surface area contributed by atoms with E-state index >= 15 is 0 Å². The molecule has 4 bridgehead atoms. The molecule has 1 saturated heterocycles. The van der Waals surface area contributed by atoms with Gasteiger partial charge in [0.2, 0.25) is 0 Å². The van der Waals surface area contributed by atoms with Gasteiger partial charge in [-0.2, -0.15) is 0 Å². The molecule has 6 atom stereocenters. The third kappa shape index (κ3) is 6.26. The second-order valence-electron chi connectivity index (χ2n) is 15.7. The lowest BCUT2D eigenvalue weighted by Gasteiger charge is -2.42. The molecule has 268 valence electrons. The lowest BCUT2D eigenvalue weighted by Crippen LogP contribution is -2.61. The zero-order valence-corrected chi connectivity index (χ0v) is 30.1. The van der Waals surface area contributed by atoms with Crippen molar-refractivity contribution in [2.45, 2.75) is 109 Å². The number of cyclic esters (lactones) is 1. The standard InChI is InChI=1S/C38H49N5O7/c1-8-42-27-14-13-21-17-24(27)29-30(33(47-7)31-22(32(29)42)11-9-15-39-31)38(5,6)20-49-35(45)25-12-10-16-43(41-25)34(44)26(19-48-28-18-23(21)28)40-36(46)50-37(2,3)4/h9,11,13-15,17,23,25-26,28,30,33,41H,8,10,12,16,18-20H2,1-7H3,(H,40,46)/t23-,25-,26?,28+,30?,33-/m0/s1. The number of rotatable bonds is 3. The van der Waals surface area contributed by atoms with E-state index in [-0.39, 0.29) is 37.3 Å². The lowest BCUT2D eigenvalue weighted by atomic mass is 9.67. The Morgan fingerprint density at radius 1 is 1.20 bits per heavy atom. The van der Waals surface area contributed by atoms with Gasteiger partial charge in [-0.1, -0.05) is 19.9 Å². The van der Waals surface area contributed by atoms with Crippen LogP contribution in [0.3, 0.4) is 0 Å². The van der Waals surface area contributed by atoms with Gasteiger partial charge in [-0.15, -0.1) is 0 Å². The molecule has 12 nitrogen and oxygen atoms in total. The highest BCUT2D eigenvalue weighted by atomic mass is 16.6. The molecule has 2 fully saturated rings. The van der Waals surface area contributed by atoms with Crippen LogP contribution in [0.4, 0.5) is 4.79 Å². The molecule has 2 amide bonds. The summed E-state index contributed by atoms with van der Waals surface area (Å²) in [6, 6.07) is 8.99. The van der Waals surface area contributed by atoms with Gasteiger partial charge >= 0.3 is 12.1 Å². The number of carbonyl (C=O) groups is 3. The maximum atomic E-state index is 13.9. The summed E-state index contributed by atoms with van der Waals surface area (Å²) in [5.41, 5.74) is 8.26. The number of nitrogens with one attached hydrogen (secondary N) is 2. The summed E-state index contributed by atoms with van der Waals surface area (Å²) in [5.74, 6) is -0.891. The monoisotopic (exact) mass is 687 g/mol. The van der Waals surface area contributed by atoms with Crippen LogP contribution in [0.2, 0.25) is 0 Å². The van der Waals surface area contributed by atoms with Crippen LogP contribution >= 0.6 is 0 Å². The predicted octanol–water partition coefficient (Wildman–Crippen LogP) is 5.35. The molecule has 50 heavy (non-hydrogen) atoms. The summed E-state index contributed by atoms with van der Waals surface area (Å²) < 4.78 is 26.6. The second-order valence-corrected chi connectivity index (χ2v) is 15.7. The van der Waals surface area contributed by atoms with E-state index in [1.54, 1.807) is 27.9 Å². The number of hydrogen-bond donors (Lipinski definition) is 2. The molecule has 7 rings (SSSR count). The van der Waals surface area contributed by atoms with Crippen molar-refractivity contribution in [2.24, 2.45) is 5.41 Å². The molecule has 2 unspecified atom stereocenters. The van der Waals surface area contributed by atoms with Crippen LogP contribution in [0.25, 0.3) is 22.2 Å². The van der Waals surface area contributed by atoms with Crippen molar-refractivity contribution in [1.82, 2.24) is 25.3 Å². The average Bonchev–Trinajstić information content (AvgIpc) is 3.79. The van der Waals surface area contributed by atoms with E-state index in [0.717, 1.165) is 46.4 Å². The molecule has 1 saturated carbocycles. The summed E-state index contributed by atoms with van der Waals surface area (Å²) >= 11 is 0. The number of fused-ring (bicyclic) bond motifs is 7. The van der Waals surface area contributed by atoms with Gasteiger partial charge in [0.15, 0.2) is 0 Å². The largest absolute Gasteiger partial charge is 0.464 e. The van der Waals surface area contributed by atoms with Gasteiger partial charge in [0.1, 0.15) is 23.8 Å². The number of hydrazine groups is 1. The van der Waals surface area contributed by atoms with Crippen LogP contribution in [0.15, 0.2) is 36.5 Å². The van der Waals surface area contributed by atoms with Gasteiger partial charge in [0.05, 0.1) is 30.7 Å². The number of esters is 1. The molecule has 0 spiro atoms. The number of hydrogen-bond acceptors (Lipinski definition) is 9. The number of aromatic nitrogens is 2. The van der Waals surface area contributed by atoms with Crippen LogP contribution in [0.1, 0.15) is 95.6 Å². The Morgan fingerprint density at radius 2 is 2.00 bits per heavy atom. The predicted molar refractivity (Wildman–Crippen MR) is 186 cm³/mol. The molecule has 1 aromatic carbocycles. The van der Waals surface area contributed by atoms with E-state index in [0.29, 0.717) is 19.4 Å². The van der Waals surface area contributed by atoms with E-state index in [2.05, 4.69) is 60.3 Å². The second kappa shape index (κ2) is 13.0. The van der Waals surface area contributed by atoms with Gasteiger partial charge in [-0.25, -0.2) is 10.2 Å². The smallest absolute Gasteiger partial charge is 0.408 e. The Labute approximate surface area is 293 Å². The molecular weight excluding hydrogens is 638 g/mol. The first-order valence-electron chi connectivity index (χ1n) is 17.8. The third-order valence-corrected chi connectivity index (χ3v) is 10.5. The van der Waals surface area contributed by atoms with Crippen LogP contribution < -0.4 is 10.7 Å². The SMILES string of the molecule is CCn1c2c3c4cc(ccc41)[C@@H]1C[C@H]1OCC(NC(=O)OC(C)(C)C)C(=O)N1CCC[C@H](N1)C(=O)OCC(C)(C)C3[C@H](OC)c1ncccc1-2. The average molecular weight is 688 g/mol. The Morgan fingerprint density at radius 3 is 2.74 bits per heavy atom. The number of pyridine rings is 1.